The van der Waals surface area contributed by atoms with E-state index < -0.39 is 0 Å². The summed E-state index contributed by atoms with van der Waals surface area (Å²) in [5, 5.41) is 0.995. The van der Waals surface area contributed by atoms with E-state index in [-0.39, 0.29) is 5.92 Å². The van der Waals surface area contributed by atoms with Crippen molar-refractivity contribution in [1.82, 2.24) is 19.9 Å². The summed E-state index contributed by atoms with van der Waals surface area (Å²) in [4.78, 5) is 29.3. The number of pyridine rings is 2. The highest BCUT2D eigenvalue weighted by Crippen LogP contribution is 2.51. The van der Waals surface area contributed by atoms with Gasteiger partial charge in [0.1, 0.15) is 5.78 Å². The van der Waals surface area contributed by atoms with Crippen molar-refractivity contribution < 1.29 is 4.79 Å². The van der Waals surface area contributed by atoms with Gasteiger partial charge in [0.05, 0.1) is 21.6 Å². The Labute approximate surface area is 156 Å². The van der Waals surface area contributed by atoms with Crippen molar-refractivity contribution >= 4 is 28.0 Å². The number of hydrogen-bond donors (Lipinski definition) is 0. The molecule has 0 atom stereocenters. The highest BCUT2D eigenvalue weighted by Gasteiger charge is 2.52. The minimum Gasteiger partial charge on any atom is -0.305 e. The fraction of sp³-hybridized carbons (Fsp3) is 0.400. The van der Waals surface area contributed by atoms with Crippen LogP contribution in [0.15, 0.2) is 36.1 Å². The molecule has 1 saturated heterocycles. The Morgan fingerprint density at radius 3 is 2.88 bits per heavy atom. The molecule has 2 aliphatic rings. The van der Waals surface area contributed by atoms with Crippen LogP contribution in [0.5, 0.6) is 0 Å². The number of fused-ring (bicyclic) bond motifs is 1. The first-order chi connectivity index (χ1) is 12.6. The molecule has 2 fully saturated rings. The normalized spacial score (nSPS) is 19.4. The molecule has 26 heavy (non-hydrogen) atoms. The van der Waals surface area contributed by atoms with Crippen LogP contribution in [0.2, 0.25) is 0 Å². The maximum absolute atomic E-state index is 12.6. The molecule has 1 aliphatic carbocycles. The van der Waals surface area contributed by atoms with Crippen LogP contribution in [-0.2, 0) is 11.2 Å². The number of thiazole rings is 1. The number of nitrogens with zero attached hydrogens (tertiary/aromatic N) is 4. The second kappa shape index (κ2) is 5.93. The van der Waals surface area contributed by atoms with Gasteiger partial charge in [-0.15, -0.1) is 11.3 Å². The number of ketones is 1. The van der Waals surface area contributed by atoms with Crippen molar-refractivity contribution in [3.63, 3.8) is 0 Å². The summed E-state index contributed by atoms with van der Waals surface area (Å²) in [5.74, 6) is 0.549. The predicted molar refractivity (Wildman–Crippen MR) is 102 cm³/mol. The molecular formula is C20H20N4OS. The quantitative estimate of drug-likeness (QED) is 0.711. The van der Waals surface area contributed by atoms with Crippen LogP contribution in [0.25, 0.3) is 21.5 Å². The Hall–Kier alpha value is -2.18. The Bertz CT molecular complexity index is 971. The van der Waals surface area contributed by atoms with Gasteiger partial charge in [-0.05, 0) is 43.5 Å². The minimum atomic E-state index is 0.220. The molecule has 4 heterocycles. The monoisotopic (exact) mass is 364 g/mol. The molecule has 1 aliphatic heterocycles. The van der Waals surface area contributed by atoms with E-state index in [1.807, 2.05) is 36.1 Å². The van der Waals surface area contributed by atoms with Gasteiger partial charge >= 0.3 is 0 Å². The molecule has 0 radical (unpaired) electrons. The molecular weight excluding hydrogens is 344 g/mol. The van der Waals surface area contributed by atoms with E-state index in [0.29, 0.717) is 17.6 Å². The smallest absolute Gasteiger partial charge is 0.141 e. The fourth-order valence-electron chi connectivity index (χ4n) is 4.53. The molecule has 6 heteroatoms. The standard InChI is InChI=1S/C20H20N4OS/c1-24-10-20(11-24)6-14(7-20)18(25)5-15-4-17-13(8-22-15)2-3-16(23-17)19-9-21-12-26-19/h2-4,8-9,12,14H,5-7,10-11H2,1H3. The van der Waals surface area contributed by atoms with Crippen molar-refractivity contribution in [3.05, 3.63) is 41.8 Å². The molecule has 0 bridgehead atoms. The highest BCUT2D eigenvalue weighted by molar-refractivity contribution is 7.13. The zero-order valence-electron chi connectivity index (χ0n) is 14.7. The van der Waals surface area contributed by atoms with Gasteiger partial charge in [-0.3, -0.25) is 14.8 Å². The lowest BCUT2D eigenvalue weighted by Gasteiger charge is -2.58. The van der Waals surface area contributed by atoms with Crippen LogP contribution >= 0.6 is 11.3 Å². The highest BCUT2D eigenvalue weighted by atomic mass is 32.1. The van der Waals surface area contributed by atoms with Crippen LogP contribution in [0, 0.1) is 11.3 Å². The second-order valence-electron chi connectivity index (χ2n) is 7.85. The lowest BCUT2D eigenvalue weighted by atomic mass is 9.56. The van der Waals surface area contributed by atoms with Crippen molar-refractivity contribution in [1.29, 1.82) is 0 Å². The zero-order valence-corrected chi connectivity index (χ0v) is 15.5. The van der Waals surface area contributed by atoms with Gasteiger partial charge in [-0.25, -0.2) is 4.98 Å². The number of carbonyl (C=O) groups is 1. The molecule has 3 aromatic rings. The first-order valence-corrected chi connectivity index (χ1v) is 9.84. The number of rotatable bonds is 4. The molecule has 132 valence electrons. The van der Waals surface area contributed by atoms with E-state index in [4.69, 9.17) is 4.98 Å². The number of likely N-dealkylation sites (tertiary alicyclic amines) is 1. The maximum Gasteiger partial charge on any atom is 0.141 e. The van der Waals surface area contributed by atoms with Crippen molar-refractivity contribution in [3.8, 4) is 10.6 Å². The van der Waals surface area contributed by atoms with E-state index in [2.05, 4.69) is 21.9 Å². The molecule has 3 aromatic heterocycles. The molecule has 5 nitrogen and oxygen atoms in total. The molecule has 1 saturated carbocycles. The summed E-state index contributed by atoms with van der Waals surface area (Å²) < 4.78 is 0. The van der Waals surface area contributed by atoms with Crippen molar-refractivity contribution in [2.24, 2.45) is 11.3 Å². The van der Waals surface area contributed by atoms with Gasteiger partial charge in [0.25, 0.3) is 0 Å². The average molecular weight is 364 g/mol. The van der Waals surface area contributed by atoms with Gasteiger partial charge in [-0.1, -0.05) is 0 Å². The lowest BCUT2D eigenvalue weighted by molar-refractivity contribution is -0.139. The summed E-state index contributed by atoms with van der Waals surface area (Å²) in [6, 6.07) is 5.98. The van der Waals surface area contributed by atoms with Gasteiger partial charge in [0.2, 0.25) is 0 Å². The van der Waals surface area contributed by atoms with Gasteiger partial charge in [-0.2, -0.15) is 0 Å². The first-order valence-electron chi connectivity index (χ1n) is 8.96. The summed E-state index contributed by atoms with van der Waals surface area (Å²) >= 11 is 1.57. The third-order valence-corrected chi connectivity index (χ3v) is 6.49. The summed E-state index contributed by atoms with van der Waals surface area (Å²) in [6.07, 6.45) is 6.17. The van der Waals surface area contributed by atoms with Crippen LogP contribution in [-0.4, -0.2) is 45.8 Å². The van der Waals surface area contributed by atoms with E-state index >= 15 is 0 Å². The second-order valence-corrected chi connectivity index (χ2v) is 8.74. The summed E-state index contributed by atoms with van der Waals surface area (Å²) in [7, 11) is 2.15. The minimum absolute atomic E-state index is 0.220. The van der Waals surface area contributed by atoms with Crippen LogP contribution in [0.4, 0.5) is 0 Å². The predicted octanol–water partition coefficient (Wildman–Crippen LogP) is 3.21. The summed E-state index contributed by atoms with van der Waals surface area (Å²) in [5.41, 5.74) is 4.88. The Balaban J connectivity index is 1.32. The third kappa shape index (κ3) is 2.73. The maximum atomic E-state index is 12.6. The third-order valence-electron chi connectivity index (χ3n) is 5.70. The van der Waals surface area contributed by atoms with Gasteiger partial charge in [0.15, 0.2) is 0 Å². The fourth-order valence-corrected chi connectivity index (χ4v) is 5.12. The largest absolute Gasteiger partial charge is 0.305 e. The van der Waals surface area contributed by atoms with Crippen molar-refractivity contribution in [2.45, 2.75) is 19.3 Å². The van der Waals surface area contributed by atoms with E-state index in [1.54, 1.807) is 11.3 Å². The summed E-state index contributed by atoms with van der Waals surface area (Å²) in [6.45, 7) is 2.30. The Kier molecular flexibility index (Phi) is 3.65. The lowest BCUT2D eigenvalue weighted by Crippen LogP contribution is -2.61. The number of aromatic nitrogens is 3. The first kappa shape index (κ1) is 16.0. The van der Waals surface area contributed by atoms with Crippen LogP contribution in [0.1, 0.15) is 18.5 Å². The Morgan fingerprint density at radius 1 is 1.31 bits per heavy atom. The molecule has 0 aromatic carbocycles. The Morgan fingerprint density at radius 2 is 2.15 bits per heavy atom. The topological polar surface area (TPSA) is 59.0 Å². The van der Waals surface area contributed by atoms with E-state index in [0.717, 1.165) is 53.1 Å². The van der Waals surface area contributed by atoms with Gasteiger partial charge < -0.3 is 4.90 Å². The zero-order chi connectivity index (χ0) is 17.7. The molecule has 0 amide bonds. The molecule has 1 spiro atoms. The SMILES string of the molecule is CN1CC2(CC(C(=O)Cc3cc4nc(-c5cncs5)ccc4cn3)C2)C1. The van der Waals surface area contributed by atoms with E-state index in [9.17, 15) is 4.79 Å². The van der Waals surface area contributed by atoms with Crippen LogP contribution < -0.4 is 0 Å². The molecule has 5 rings (SSSR count). The van der Waals surface area contributed by atoms with Crippen LogP contribution in [0.3, 0.4) is 0 Å². The van der Waals surface area contributed by atoms with Crippen molar-refractivity contribution in [2.75, 3.05) is 20.1 Å². The number of Topliss-reactive ketones (excluding diaryl/α,β-unsaturated/α-hetero) is 1. The van der Waals surface area contributed by atoms with Gasteiger partial charge in [0, 0.05) is 48.9 Å². The number of carbonyl (C=O) groups excluding carboxylic acids is 1. The molecule has 0 unspecified atom stereocenters. The molecule has 0 N–H and O–H groups in total. The van der Waals surface area contributed by atoms with E-state index in [1.165, 1.54) is 0 Å². The number of hydrogen-bond acceptors (Lipinski definition) is 6. The average Bonchev–Trinajstić information content (AvgIpc) is 3.10.